The second-order valence-corrected chi connectivity index (χ2v) is 6.16. The van der Waals surface area contributed by atoms with E-state index in [-0.39, 0.29) is 5.91 Å². The summed E-state index contributed by atoms with van der Waals surface area (Å²) < 4.78 is 16.4. The van der Waals surface area contributed by atoms with Crippen molar-refractivity contribution >= 4 is 28.9 Å². The van der Waals surface area contributed by atoms with Crippen molar-refractivity contribution in [1.82, 2.24) is 0 Å². The zero-order chi connectivity index (χ0) is 19.8. The van der Waals surface area contributed by atoms with Gasteiger partial charge in [-0.2, -0.15) is 0 Å². The molecule has 2 aromatic carbocycles. The van der Waals surface area contributed by atoms with Crippen molar-refractivity contribution in [1.29, 1.82) is 0 Å². The third kappa shape index (κ3) is 5.69. The van der Waals surface area contributed by atoms with E-state index in [0.29, 0.717) is 41.2 Å². The first-order chi connectivity index (χ1) is 13.0. The number of rotatable bonds is 9. The molecule has 146 valence electrons. The highest BCUT2D eigenvalue weighted by Gasteiger charge is 2.16. The van der Waals surface area contributed by atoms with E-state index in [9.17, 15) is 4.79 Å². The van der Waals surface area contributed by atoms with E-state index in [1.165, 1.54) is 7.11 Å². The van der Waals surface area contributed by atoms with E-state index in [2.05, 4.69) is 10.6 Å². The van der Waals surface area contributed by atoms with Crippen LogP contribution in [-0.4, -0.2) is 32.3 Å². The van der Waals surface area contributed by atoms with Crippen molar-refractivity contribution in [3.63, 3.8) is 0 Å². The van der Waals surface area contributed by atoms with Crippen molar-refractivity contribution in [2.45, 2.75) is 26.8 Å². The van der Waals surface area contributed by atoms with Crippen molar-refractivity contribution < 1.29 is 19.0 Å². The van der Waals surface area contributed by atoms with Crippen LogP contribution in [0.25, 0.3) is 0 Å². The molecular weight excluding hydrogens is 368 g/mol. The molecular formula is C20H25ClN2O4. The van der Waals surface area contributed by atoms with Gasteiger partial charge >= 0.3 is 0 Å². The summed E-state index contributed by atoms with van der Waals surface area (Å²) in [7, 11) is 1.54. The van der Waals surface area contributed by atoms with Gasteiger partial charge in [-0.1, -0.05) is 11.6 Å². The molecule has 27 heavy (non-hydrogen) atoms. The third-order valence-electron chi connectivity index (χ3n) is 3.74. The molecule has 0 aliphatic carbocycles. The Morgan fingerprint density at radius 3 is 2.37 bits per heavy atom. The number of ether oxygens (including phenoxy) is 3. The van der Waals surface area contributed by atoms with E-state index in [4.69, 9.17) is 25.8 Å². The number of anilines is 2. The van der Waals surface area contributed by atoms with Gasteiger partial charge in [0, 0.05) is 16.8 Å². The minimum Gasteiger partial charge on any atom is -0.495 e. The van der Waals surface area contributed by atoms with Gasteiger partial charge in [-0.05, 0) is 51.1 Å². The van der Waals surface area contributed by atoms with Crippen LogP contribution in [0.5, 0.6) is 17.2 Å². The molecule has 0 aliphatic heterocycles. The Balaban J connectivity index is 2.10. The molecule has 0 unspecified atom stereocenters. The smallest absolute Gasteiger partial charge is 0.246 e. The van der Waals surface area contributed by atoms with Crippen molar-refractivity contribution in [2.75, 3.05) is 31.0 Å². The Morgan fingerprint density at radius 2 is 1.70 bits per heavy atom. The van der Waals surface area contributed by atoms with E-state index in [1.54, 1.807) is 25.1 Å². The van der Waals surface area contributed by atoms with Crippen molar-refractivity contribution in [2.24, 2.45) is 0 Å². The first-order valence-corrected chi connectivity index (χ1v) is 9.16. The highest BCUT2D eigenvalue weighted by atomic mass is 35.5. The molecule has 0 radical (unpaired) electrons. The van der Waals surface area contributed by atoms with Crippen LogP contribution in [-0.2, 0) is 4.79 Å². The Hall–Kier alpha value is -2.60. The fraction of sp³-hybridized carbons (Fsp3) is 0.350. The van der Waals surface area contributed by atoms with Gasteiger partial charge in [-0.15, -0.1) is 0 Å². The van der Waals surface area contributed by atoms with Crippen LogP contribution in [0.15, 0.2) is 36.4 Å². The summed E-state index contributed by atoms with van der Waals surface area (Å²) in [6.45, 7) is 6.66. The van der Waals surface area contributed by atoms with Crippen LogP contribution >= 0.6 is 11.6 Å². The molecule has 0 saturated carbocycles. The van der Waals surface area contributed by atoms with Gasteiger partial charge in [0.2, 0.25) is 5.91 Å². The number of methoxy groups -OCH3 is 1. The van der Waals surface area contributed by atoms with E-state index in [1.807, 2.05) is 32.0 Å². The normalized spacial score (nSPS) is 11.4. The van der Waals surface area contributed by atoms with Crippen LogP contribution < -0.4 is 24.8 Å². The van der Waals surface area contributed by atoms with Crippen molar-refractivity contribution in [3.05, 3.63) is 41.4 Å². The third-order valence-corrected chi connectivity index (χ3v) is 3.97. The molecule has 0 saturated heterocycles. The summed E-state index contributed by atoms with van der Waals surface area (Å²) in [4.78, 5) is 12.5. The molecule has 2 rings (SSSR count). The zero-order valence-corrected chi connectivity index (χ0v) is 16.7. The summed E-state index contributed by atoms with van der Waals surface area (Å²) in [5.41, 5.74) is 1.27. The molecule has 0 bridgehead atoms. The highest BCUT2D eigenvalue weighted by molar-refractivity contribution is 6.31. The number of hydrogen-bond acceptors (Lipinski definition) is 5. The summed E-state index contributed by atoms with van der Waals surface area (Å²) in [6.07, 6.45) is 0. The van der Waals surface area contributed by atoms with Crippen LogP contribution in [0, 0.1) is 0 Å². The largest absolute Gasteiger partial charge is 0.495 e. The number of halogens is 1. The summed E-state index contributed by atoms with van der Waals surface area (Å²) in [5.74, 6) is 1.63. The Labute approximate surface area is 164 Å². The lowest BCUT2D eigenvalue weighted by Crippen LogP contribution is -2.32. The van der Waals surface area contributed by atoms with E-state index < -0.39 is 6.04 Å². The van der Waals surface area contributed by atoms with Gasteiger partial charge in [0.1, 0.15) is 11.8 Å². The SMILES string of the molecule is CCOc1ccc(N[C@H](C)C(=O)Nc2cc(Cl)ccc2OC)cc1OCC. The molecule has 7 heteroatoms. The maximum absolute atomic E-state index is 12.5. The van der Waals surface area contributed by atoms with Gasteiger partial charge in [0.25, 0.3) is 0 Å². The number of nitrogens with one attached hydrogen (secondary N) is 2. The first-order valence-electron chi connectivity index (χ1n) is 8.79. The fourth-order valence-corrected chi connectivity index (χ4v) is 2.65. The Kier molecular flexibility index (Phi) is 7.61. The standard InChI is InChI=1S/C20H25ClN2O4/c1-5-26-18-10-8-15(12-19(18)27-6-2)22-13(3)20(24)23-16-11-14(21)7-9-17(16)25-4/h7-13,22H,5-6H2,1-4H3,(H,23,24)/t13-/m1/s1. The van der Waals surface area contributed by atoms with E-state index in [0.717, 1.165) is 5.69 Å². The predicted octanol–water partition coefficient (Wildman–Crippen LogP) is 4.59. The maximum Gasteiger partial charge on any atom is 0.246 e. The maximum atomic E-state index is 12.5. The number of hydrogen-bond donors (Lipinski definition) is 2. The highest BCUT2D eigenvalue weighted by Crippen LogP contribution is 2.31. The topological polar surface area (TPSA) is 68.8 Å². The second kappa shape index (κ2) is 9.92. The van der Waals surface area contributed by atoms with Crippen molar-refractivity contribution in [3.8, 4) is 17.2 Å². The summed E-state index contributed by atoms with van der Waals surface area (Å²) in [5, 5.41) is 6.50. The molecule has 2 N–H and O–H groups in total. The molecule has 0 spiro atoms. The van der Waals surface area contributed by atoms with Gasteiger partial charge in [-0.3, -0.25) is 4.79 Å². The lowest BCUT2D eigenvalue weighted by Gasteiger charge is -2.18. The monoisotopic (exact) mass is 392 g/mol. The van der Waals surface area contributed by atoms with Gasteiger partial charge in [-0.25, -0.2) is 0 Å². The number of amides is 1. The molecule has 0 aromatic heterocycles. The quantitative estimate of drug-likeness (QED) is 0.653. The minimum absolute atomic E-state index is 0.220. The zero-order valence-electron chi connectivity index (χ0n) is 16.0. The second-order valence-electron chi connectivity index (χ2n) is 5.73. The van der Waals surface area contributed by atoms with Gasteiger partial charge in [0.15, 0.2) is 11.5 Å². The molecule has 0 heterocycles. The van der Waals surface area contributed by atoms with E-state index >= 15 is 0 Å². The minimum atomic E-state index is -0.499. The summed E-state index contributed by atoms with van der Waals surface area (Å²) in [6, 6.07) is 10.0. The fourth-order valence-electron chi connectivity index (χ4n) is 2.48. The molecule has 1 amide bonds. The van der Waals surface area contributed by atoms with Crippen LogP contribution in [0.3, 0.4) is 0 Å². The molecule has 2 aromatic rings. The average Bonchev–Trinajstić information content (AvgIpc) is 2.64. The summed E-state index contributed by atoms with van der Waals surface area (Å²) >= 11 is 6.01. The van der Waals surface area contributed by atoms with Crippen LogP contribution in [0.2, 0.25) is 5.02 Å². The number of carbonyl (C=O) groups is 1. The Morgan fingerprint density at radius 1 is 1.04 bits per heavy atom. The van der Waals surface area contributed by atoms with Crippen LogP contribution in [0.1, 0.15) is 20.8 Å². The first kappa shape index (κ1) is 20.7. The van der Waals surface area contributed by atoms with Crippen LogP contribution in [0.4, 0.5) is 11.4 Å². The lowest BCUT2D eigenvalue weighted by atomic mass is 10.2. The predicted molar refractivity (Wildman–Crippen MR) is 108 cm³/mol. The Bertz CT molecular complexity index is 783. The lowest BCUT2D eigenvalue weighted by molar-refractivity contribution is -0.116. The molecule has 6 nitrogen and oxygen atoms in total. The molecule has 1 atom stereocenters. The van der Waals surface area contributed by atoms with Gasteiger partial charge in [0.05, 0.1) is 26.0 Å². The number of carbonyl (C=O) groups excluding carboxylic acids is 1. The van der Waals surface area contributed by atoms with Gasteiger partial charge < -0.3 is 24.8 Å². The molecule has 0 aliphatic rings. The average molecular weight is 393 g/mol. The number of benzene rings is 2. The molecule has 0 fully saturated rings.